The first-order valence-electron chi connectivity index (χ1n) is 7.92. The van der Waals surface area contributed by atoms with Crippen molar-refractivity contribution in [2.75, 3.05) is 6.54 Å². The van der Waals surface area contributed by atoms with Gasteiger partial charge in [0.2, 0.25) is 11.8 Å². The molecule has 26 heavy (non-hydrogen) atoms. The van der Waals surface area contributed by atoms with Crippen molar-refractivity contribution < 1.29 is 22.4 Å². The third-order valence-corrected chi connectivity index (χ3v) is 4.07. The molecule has 9 heteroatoms. The number of carbonyl (C=O) groups excluding carboxylic acids is 1. The number of carbonyl (C=O) groups is 1. The molecule has 134 valence electrons. The molecule has 0 spiro atoms. The van der Waals surface area contributed by atoms with E-state index in [4.69, 9.17) is 14.6 Å². The van der Waals surface area contributed by atoms with Crippen molar-refractivity contribution in [1.29, 1.82) is 0 Å². The molecule has 3 aromatic rings. The molecule has 1 aliphatic heterocycles. The summed E-state index contributed by atoms with van der Waals surface area (Å²) in [6.45, 7) is 0.720. The molecule has 0 bridgehead atoms. The number of nitrogens with zero attached hydrogens (tertiary/aromatic N) is 3. The van der Waals surface area contributed by atoms with Crippen molar-refractivity contribution in [2.24, 2.45) is 5.73 Å². The van der Waals surface area contributed by atoms with Gasteiger partial charge in [0.25, 0.3) is 5.91 Å². The first kappa shape index (κ1) is 16.4. The zero-order valence-corrected chi connectivity index (χ0v) is 13.5. The van der Waals surface area contributed by atoms with Crippen molar-refractivity contribution >= 4 is 5.91 Å². The van der Waals surface area contributed by atoms with Crippen LogP contribution < -0.4 is 5.73 Å². The van der Waals surface area contributed by atoms with Crippen molar-refractivity contribution in [3.05, 3.63) is 59.1 Å². The summed E-state index contributed by atoms with van der Waals surface area (Å²) in [5, 5.41) is 0. The molecular weight excluding hydrogens is 346 g/mol. The van der Waals surface area contributed by atoms with E-state index in [0.717, 1.165) is 18.2 Å². The van der Waals surface area contributed by atoms with E-state index in [1.165, 1.54) is 6.26 Å². The topological polar surface area (TPSA) is 98.4 Å². The summed E-state index contributed by atoms with van der Waals surface area (Å²) >= 11 is 0. The third kappa shape index (κ3) is 2.97. The van der Waals surface area contributed by atoms with Crippen LogP contribution in [-0.4, -0.2) is 27.3 Å². The normalized spacial score (nSPS) is 13.7. The van der Waals surface area contributed by atoms with E-state index in [0.29, 0.717) is 24.4 Å². The van der Waals surface area contributed by atoms with E-state index in [2.05, 4.69) is 9.97 Å². The second-order valence-corrected chi connectivity index (χ2v) is 5.85. The predicted molar refractivity (Wildman–Crippen MR) is 84.7 cm³/mol. The van der Waals surface area contributed by atoms with E-state index < -0.39 is 11.6 Å². The highest BCUT2D eigenvalue weighted by Gasteiger charge is 2.28. The van der Waals surface area contributed by atoms with E-state index in [1.807, 2.05) is 0 Å². The number of rotatable bonds is 3. The van der Waals surface area contributed by atoms with Gasteiger partial charge in [0, 0.05) is 24.6 Å². The van der Waals surface area contributed by atoms with E-state index >= 15 is 0 Å². The second kappa shape index (κ2) is 6.34. The van der Waals surface area contributed by atoms with Gasteiger partial charge in [-0.3, -0.25) is 4.79 Å². The molecule has 0 aliphatic carbocycles. The molecule has 0 unspecified atom stereocenters. The fourth-order valence-corrected chi connectivity index (χ4v) is 2.84. The van der Waals surface area contributed by atoms with Gasteiger partial charge in [0.15, 0.2) is 5.69 Å². The molecule has 7 nitrogen and oxygen atoms in total. The monoisotopic (exact) mass is 360 g/mol. The summed E-state index contributed by atoms with van der Waals surface area (Å²) in [5.74, 6) is -0.737. The Labute approximate surface area is 146 Å². The Morgan fingerprint density at radius 1 is 1.23 bits per heavy atom. The number of oxazole rings is 2. The van der Waals surface area contributed by atoms with Gasteiger partial charge in [-0.2, -0.15) is 0 Å². The van der Waals surface area contributed by atoms with Crippen LogP contribution >= 0.6 is 0 Å². The van der Waals surface area contributed by atoms with E-state index in [9.17, 15) is 13.6 Å². The lowest BCUT2D eigenvalue weighted by atomic mass is 10.1. The Morgan fingerprint density at radius 2 is 2.00 bits per heavy atom. The van der Waals surface area contributed by atoms with Crippen molar-refractivity contribution in [3.8, 4) is 11.5 Å². The minimum Gasteiger partial charge on any atom is -0.447 e. The predicted octanol–water partition coefficient (Wildman–Crippen LogP) is 2.26. The highest BCUT2D eigenvalue weighted by molar-refractivity contribution is 5.92. The maximum Gasteiger partial charge on any atom is 0.276 e. The number of aromatic nitrogens is 2. The molecule has 4 rings (SSSR count). The number of fused-ring (bicyclic) bond motifs is 1. The minimum absolute atomic E-state index is 0.105. The van der Waals surface area contributed by atoms with Crippen LogP contribution in [-0.2, 0) is 19.5 Å². The summed E-state index contributed by atoms with van der Waals surface area (Å²) in [6, 6.07) is 3.07. The average Bonchev–Trinajstić information content (AvgIpc) is 3.26. The fraction of sp³-hybridized carbons (Fsp3) is 0.235. The van der Waals surface area contributed by atoms with E-state index in [-0.39, 0.29) is 42.0 Å². The van der Waals surface area contributed by atoms with Crippen LogP contribution in [0.4, 0.5) is 8.78 Å². The lowest BCUT2D eigenvalue weighted by Gasteiger charge is -2.24. The Kier molecular flexibility index (Phi) is 4.00. The maximum absolute atomic E-state index is 13.4. The number of amides is 1. The molecule has 2 N–H and O–H groups in total. The summed E-state index contributed by atoms with van der Waals surface area (Å²) < 4.78 is 37.5. The van der Waals surface area contributed by atoms with E-state index in [1.54, 1.807) is 4.90 Å². The number of nitrogens with two attached hydrogens (primary N) is 1. The van der Waals surface area contributed by atoms with Gasteiger partial charge < -0.3 is 19.5 Å². The highest BCUT2D eigenvalue weighted by Crippen LogP contribution is 2.27. The van der Waals surface area contributed by atoms with Crippen LogP contribution in [0.15, 0.2) is 33.3 Å². The van der Waals surface area contributed by atoms with Crippen molar-refractivity contribution in [2.45, 2.75) is 19.5 Å². The van der Waals surface area contributed by atoms with Crippen molar-refractivity contribution in [3.63, 3.8) is 0 Å². The number of halogens is 2. The van der Waals surface area contributed by atoms with Gasteiger partial charge in [-0.1, -0.05) is 0 Å². The van der Waals surface area contributed by atoms with Crippen LogP contribution in [0, 0.1) is 11.6 Å². The number of hydrogen-bond donors (Lipinski definition) is 1. The summed E-state index contributed by atoms with van der Waals surface area (Å²) in [5.41, 5.74) is 6.35. The molecule has 0 saturated heterocycles. The summed E-state index contributed by atoms with van der Waals surface area (Å²) in [6.07, 6.45) is 1.71. The van der Waals surface area contributed by atoms with Crippen LogP contribution in [0.3, 0.4) is 0 Å². The molecule has 3 heterocycles. The van der Waals surface area contributed by atoms with Gasteiger partial charge in [-0.05, 0) is 12.1 Å². The smallest absolute Gasteiger partial charge is 0.276 e. The zero-order valence-electron chi connectivity index (χ0n) is 13.5. The zero-order chi connectivity index (χ0) is 18.3. The van der Waals surface area contributed by atoms with Crippen LogP contribution in [0.25, 0.3) is 11.5 Å². The molecule has 1 aromatic carbocycles. The number of benzene rings is 1. The summed E-state index contributed by atoms with van der Waals surface area (Å²) in [7, 11) is 0. The van der Waals surface area contributed by atoms with Crippen LogP contribution in [0.5, 0.6) is 0 Å². The lowest BCUT2D eigenvalue weighted by Crippen LogP contribution is -2.36. The fourth-order valence-electron chi connectivity index (χ4n) is 2.84. The van der Waals surface area contributed by atoms with Gasteiger partial charge in [0.05, 0.1) is 13.1 Å². The Morgan fingerprint density at radius 3 is 2.69 bits per heavy atom. The Hall–Kier alpha value is -3.07. The first-order chi connectivity index (χ1) is 12.5. The largest absolute Gasteiger partial charge is 0.447 e. The Balaban J connectivity index is 1.57. The molecule has 1 amide bonds. The SMILES string of the molecule is NCc1nc(C(=O)N2CCc3oc(-c4cc(F)cc(F)c4)nc3C2)co1. The molecule has 0 atom stereocenters. The molecule has 2 aromatic heterocycles. The molecule has 0 saturated carbocycles. The summed E-state index contributed by atoms with van der Waals surface area (Å²) in [4.78, 5) is 22.4. The standard InChI is InChI=1S/C17H14F2N4O3/c18-10-3-9(4-11(19)5-10)16-22-12-7-23(2-1-14(12)26-16)17(24)13-8-25-15(6-20)21-13/h3-5,8H,1-2,6-7,20H2. The third-order valence-electron chi connectivity index (χ3n) is 4.07. The molecule has 0 fully saturated rings. The maximum atomic E-state index is 13.4. The second-order valence-electron chi connectivity index (χ2n) is 5.85. The number of hydrogen-bond acceptors (Lipinski definition) is 6. The average molecular weight is 360 g/mol. The van der Waals surface area contributed by atoms with Crippen LogP contribution in [0.2, 0.25) is 0 Å². The lowest BCUT2D eigenvalue weighted by molar-refractivity contribution is 0.0722. The van der Waals surface area contributed by atoms with Crippen LogP contribution in [0.1, 0.15) is 27.8 Å². The van der Waals surface area contributed by atoms with Gasteiger partial charge >= 0.3 is 0 Å². The molecule has 1 aliphatic rings. The van der Waals surface area contributed by atoms with Crippen molar-refractivity contribution in [1.82, 2.24) is 14.9 Å². The first-order valence-corrected chi connectivity index (χ1v) is 7.92. The quantitative estimate of drug-likeness (QED) is 0.769. The molecule has 0 radical (unpaired) electrons. The van der Waals surface area contributed by atoms with Gasteiger partial charge in [-0.15, -0.1) is 0 Å². The van der Waals surface area contributed by atoms with Gasteiger partial charge in [0.1, 0.15) is 29.4 Å². The highest BCUT2D eigenvalue weighted by atomic mass is 19.1. The van der Waals surface area contributed by atoms with Gasteiger partial charge in [-0.25, -0.2) is 18.7 Å². The minimum atomic E-state index is -0.713. The Bertz CT molecular complexity index is 962. The molecular formula is C17H14F2N4O3.